The Labute approximate surface area is 184 Å². The third kappa shape index (κ3) is 4.29. The molecule has 2 aromatic carbocycles. The van der Waals surface area contributed by atoms with E-state index in [4.69, 9.17) is 16.3 Å². The Kier molecular flexibility index (Phi) is 6.25. The molecule has 0 atom stereocenters. The monoisotopic (exact) mass is 448 g/mol. The predicted molar refractivity (Wildman–Crippen MR) is 112 cm³/mol. The number of amides is 2. The Morgan fingerprint density at radius 2 is 1.45 bits per heavy atom. The van der Waals surface area contributed by atoms with Crippen molar-refractivity contribution in [2.45, 2.75) is 18.3 Å². The van der Waals surface area contributed by atoms with Crippen LogP contribution in [0, 0.1) is 11.6 Å². The van der Waals surface area contributed by atoms with Gasteiger partial charge in [0.2, 0.25) is 5.91 Å². The number of benzene rings is 2. The van der Waals surface area contributed by atoms with Gasteiger partial charge in [0.1, 0.15) is 11.6 Å². The second-order valence-corrected chi connectivity index (χ2v) is 8.32. The molecule has 31 heavy (non-hydrogen) atoms. The van der Waals surface area contributed by atoms with Crippen LogP contribution in [-0.4, -0.2) is 61.0 Å². The first-order valence-corrected chi connectivity index (χ1v) is 10.7. The molecule has 2 saturated heterocycles. The molecule has 2 heterocycles. The zero-order chi connectivity index (χ0) is 22.0. The molecule has 0 bridgehead atoms. The van der Waals surface area contributed by atoms with E-state index >= 15 is 0 Å². The highest BCUT2D eigenvalue weighted by Gasteiger charge is 2.44. The highest BCUT2D eigenvalue weighted by molar-refractivity contribution is 6.33. The topological polar surface area (TPSA) is 49.9 Å². The van der Waals surface area contributed by atoms with E-state index in [0.717, 1.165) is 11.6 Å². The zero-order valence-corrected chi connectivity index (χ0v) is 17.7. The quantitative estimate of drug-likeness (QED) is 0.720. The van der Waals surface area contributed by atoms with E-state index in [1.54, 1.807) is 21.9 Å². The first-order valence-electron chi connectivity index (χ1n) is 10.3. The average Bonchev–Trinajstić information content (AvgIpc) is 2.79. The minimum Gasteiger partial charge on any atom is -0.381 e. The summed E-state index contributed by atoms with van der Waals surface area (Å²) in [4.78, 5) is 29.8. The molecule has 0 radical (unpaired) electrons. The molecule has 4 rings (SSSR count). The molecule has 0 saturated carbocycles. The maximum absolute atomic E-state index is 13.6. The third-order valence-corrected chi connectivity index (χ3v) is 6.48. The van der Waals surface area contributed by atoms with Gasteiger partial charge in [-0.05, 0) is 48.7 Å². The van der Waals surface area contributed by atoms with Gasteiger partial charge >= 0.3 is 0 Å². The third-order valence-electron chi connectivity index (χ3n) is 6.17. The van der Waals surface area contributed by atoms with Gasteiger partial charge in [-0.2, -0.15) is 0 Å². The van der Waals surface area contributed by atoms with Crippen LogP contribution in [-0.2, 0) is 14.9 Å². The van der Waals surface area contributed by atoms with Gasteiger partial charge in [0.15, 0.2) is 0 Å². The van der Waals surface area contributed by atoms with Crippen LogP contribution in [0.1, 0.15) is 28.8 Å². The lowest BCUT2D eigenvalue weighted by atomic mass is 9.73. The van der Waals surface area contributed by atoms with Crippen LogP contribution in [0.15, 0.2) is 42.5 Å². The Morgan fingerprint density at radius 3 is 2.06 bits per heavy atom. The molecule has 0 aromatic heterocycles. The fourth-order valence-electron chi connectivity index (χ4n) is 4.36. The number of carbonyl (C=O) groups excluding carboxylic acids is 2. The van der Waals surface area contributed by atoms with Crippen molar-refractivity contribution in [1.29, 1.82) is 0 Å². The summed E-state index contributed by atoms with van der Waals surface area (Å²) in [6, 6.07) is 9.81. The second kappa shape index (κ2) is 8.93. The number of piperazine rings is 1. The molecule has 5 nitrogen and oxygen atoms in total. The molecular formula is C23H23ClF2N2O3. The Morgan fingerprint density at radius 1 is 0.871 bits per heavy atom. The first kappa shape index (κ1) is 21.7. The lowest BCUT2D eigenvalue weighted by molar-refractivity contribution is -0.142. The number of rotatable bonds is 3. The molecule has 8 heteroatoms. The standard InChI is InChI=1S/C23H23ClF2N2O3/c24-20-15-18(26)5-6-19(20)21(29)27-9-11-28(12-10-27)22(30)23(7-13-31-14-8-23)16-1-3-17(25)4-2-16/h1-6,15H,7-14H2. The average molecular weight is 449 g/mol. The van der Waals surface area contributed by atoms with Crippen molar-refractivity contribution in [3.05, 3.63) is 70.2 Å². The van der Waals surface area contributed by atoms with Crippen molar-refractivity contribution in [1.82, 2.24) is 9.80 Å². The summed E-state index contributed by atoms with van der Waals surface area (Å²) in [5.41, 5.74) is 0.284. The summed E-state index contributed by atoms with van der Waals surface area (Å²) in [6.45, 7) is 2.40. The van der Waals surface area contributed by atoms with Crippen molar-refractivity contribution in [3.8, 4) is 0 Å². The fourth-order valence-corrected chi connectivity index (χ4v) is 4.61. The van der Waals surface area contributed by atoms with Gasteiger partial charge in [-0.15, -0.1) is 0 Å². The molecule has 164 valence electrons. The van der Waals surface area contributed by atoms with E-state index in [1.807, 2.05) is 0 Å². The minimum absolute atomic E-state index is 0.0191. The second-order valence-electron chi connectivity index (χ2n) is 7.91. The molecule has 2 fully saturated rings. The SMILES string of the molecule is O=C(c1ccc(F)cc1Cl)N1CCN(C(=O)C2(c3ccc(F)cc3)CCOCC2)CC1. The molecule has 0 unspecified atom stereocenters. The molecule has 0 aliphatic carbocycles. The van der Waals surface area contributed by atoms with Gasteiger partial charge in [-0.3, -0.25) is 9.59 Å². The van der Waals surface area contributed by atoms with Gasteiger partial charge in [-0.1, -0.05) is 23.7 Å². The van der Waals surface area contributed by atoms with Crippen LogP contribution < -0.4 is 0 Å². The van der Waals surface area contributed by atoms with Gasteiger partial charge in [0, 0.05) is 39.4 Å². The number of ether oxygens (including phenoxy) is 1. The molecule has 2 aliphatic rings. The van der Waals surface area contributed by atoms with E-state index in [1.165, 1.54) is 24.3 Å². The maximum Gasteiger partial charge on any atom is 0.255 e. The fraction of sp³-hybridized carbons (Fsp3) is 0.391. The summed E-state index contributed by atoms with van der Waals surface area (Å²) >= 11 is 6.03. The Hall–Kier alpha value is -2.51. The van der Waals surface area contributed by atoms with Crippen LogP contribution in [0.4, 0.5) is 8.78 Å². The smallest absolute Gasteiger partial charge is 0.255 e. The highest BCUT2D eigenvalue weighted by atomic mass is 35.5. The van der Waals surface area contributed by atoms with E-state index in [0.29, 0.717) is 52.2 Å². The Bertz CT molecular complexity index is 969. The number of halogens is 3. The molecule has 2 amide bonds. The number of carbonyl (C=O) groups is 2. The van der Waals surface area contributed by atoms with Gasteiger partial charge in [0.25, 0.3) is 5.91 Å². The minimum atomic E-state index is -0.752. The number of nitrogens with zero attached hydrogens (tertiary/aromatic N) is 2. The van der Waals surface area contributed by atoms with E-state index in [-0.39, 0.29) is 28.2 Å². The van der Waals surface area contributed by atoms with Gasteiger partial charge in [-0.25, -0.2) is 8.78 Å². The van der Waals surface area contributed by atoms with Crippen LogP contribution in [0.25, 0.3) is 0 Å². The largest absolute Gasteiger partial charge is 0.381 e. The van der Waals surface area contributed by atoms with Crippen molar-refractivity contribution < 1.29 is 23.1 Å². The summed E-state index contributed by atoms with van der Waals surface area (Å²) in [5, 5.41) is 0.0703. The normalized spacial score (nSPS) is 18.7. The Balaban J connectivity index is 1.48. The van der Waals surface area contributed by atoms with Crippen LogP contribution in [0.2, 0.25) is 5.02 Å². The van der Waals surface area contributed by atoms with Crippen molar-refractivity contribution in [2.24, 2.45) is 0 Å². The molecule has 0 N–H and O–H groups in total. The van der Waals surface area contributed by atoms with Crippen LogP contribution in [0.5, 0.6) is 0 Å². The van der Waals surface area contributed by atoms with Crippen molar-refractivity contribution in [2.75, 3.05) is 39.4 Å². The highest BCUT2D eigenvalue weighted by Crippen LogP contribution is 2.37. The lowest BCUT2D eigenvalue weighted by Crippen LogP contribution is -2.56. The summed E-state index contributed by atoms with van der Waals surface area (Å²) in [5.74, 6) is -1.14. The molecule has 2 aromatic rings. The van der Waals surface area contributed by atoms with Crippen LogP contribution in [0.3, 0.4) is 0 Å². The predicted octanol–water partition coefficient (Wildman–Crippen LogP) is 3.65. The summed E-state index contributed by atoms with van der Waals surface area (Å²) in [6.07, 6.45) is 1.06. The van der Waals surface area contributed by atoms with E-state index in [2.05, 4.69) is 0 Å². The molecule has 2 aliphatic heterocycles. The zero-order valence-electron chi connectivity index (χ0n) is 17.0. The summed E-state index contributed by atoms with van der Waals surface area (Å²) in [7, 11) is 0. The van der Waals surface area contributed by atoms with Crippen molar-refractivity contribution in [3.63, 3.8) is 0 Å². The molecule has 0 spiro atoms. The van der Waals surface area contributed by atoms with E-state index < -0.39 is 11.2 Å². The summed E-state index contributed by atoms with van der Waals surface area (Å²) < 4.78 is 32.2. The maximum atomic E-state index is 13.6. The number of hydrogen-bond acceptors (Lipinski definition) is 3. The molecular weight excluding hydrogens is 426 g/mol. The first-order chi connectivity index (χ1) is 14.9. The van der Waals surface area contributed by atoms with Crippen LogP contribution >= 0.6 is 11.6 Å². The van der Waals surface area contributed by atoms with E-state index in [9.17, 15) is 18.4 Å². The van der Waals surface area contributed by atoms with Gasteiger partial charge < -0.3 is 14.5 Å². The lowest BCUT2D eigenvalue weighted by Gasteiger charge is -2.43. The number of hydrogen-bond donors (Lipinski definition) is 0. The van der Waals surface area contributed by atoms with Gasteiger partial charge in [0.05, 0.1) is 16.0 Å². The van der Waals surface area contributed by atoms with Crippen molar-refractivity contribution >= 4 is 23.4 Å².